The number of allylic oxidation sites excluding steroid dienone is 1. The Labute approximate surface area is 81.8 Å². The summed E-state index contributed by atoms with van der Waals surface area (Å²) in [6.07, 6.45) is 4.91. The van der Waals surface area contributed by atoms with Gasteiger partial charge >= 0.3 is 0 Å². The van der Waals surface area contributed by atoms with Crippen LogP contribution in [0.2, 0.25) is 0 Å². The van der Waals surface area contributed by atoms with E-state index < -0.39 is 0 Å². The summed E-state index contributed by atoms with van der Waals surface area (Å²) in [4.78, 5) is 0. The number of rotatable bonds is 1. The third-order valence-electron chi connectivity index (χ3n) is 2.94. The van der Waals surface area contributed by atoms with E-state index in [2.05, 4.69) is 33.8 Å². The summed E-state index contributed by atoms with van der Waals surface area (Å²) in [7, 11) is 0. The summed E-state index contributed by atoms with van der Waals surface area (Å²) < 4.78 is 0.122. The molecule has 12 heavy (non-hydrogen) atoms. The van der Waals surface area contributed by atoms with Crippen molar-refractivity contribution >= 4 is 12.6 Å². The first-order chi connectivity index (χ1) is 5.43. The van der Waals surface area contributed by atoms with Crippen molar-refractivity contribution < 1.29 is 0 Å². The Hall–Kier alpha value is 0.0900. The van der Waals surface area contributed by atoms with Gasteiger partial charge in [-0.25, -0.2) is 0 Å². The molecule has 0 heterocycles. The molecule has 0 aliphatic heterocycles. The van der Waals surface area contributed by atoms with Crippen LogP contribution in [0.5, 0.6) is 0 Å². The lowest BCUT2D eigenvalue weighted by Crippen LogP contribution is -2.33. The molecule has 0 saturated heterocycles. The average Bonchev–Trinajstić information content (AvgIpc) is 1.82. The number of hydrogen-bond acceptors (Lipinski definition) is 1. The van der Waals surface area contributed by atoms with Crippen molar-refractivity contribution in [1.29, 1.82) is 0 Å². The van der Waals surface area contributed by atoms with Gasteiger partial charge in [0, 0.05) is 4.75 Å². The van der Waals surface area contributed by atoms with Crippen LogP contribution in [0.4, 0.5) is 0 Å². The SMILES string of the molecule is CC1=CC(C)(S)C(C(C)C)CC1. The lowest BCUT2D eigenvalue weighted by Gasteiger charge is -2.38. The molecule has 0 N–H and O–H groups in total. The minimum absolute atomic E-state index is 0.122. The van der Waals surface area contributed by atoms with E-state index in [0.717, 1.165) is 11.8 Å². The van der Waals surface area contributed by atoms with Gasteiger partial charge in [0.2, 0.25) is 0 Å². The van der Waals surface area contributed by atoms with Crippen molar-refractivity contribution in [3.63, 3.8) is 0 Å². The summed E-state index contributed by atoms with van der Waals surface area (Å²) in [6.45, 7) is 9.05. The maximum absolute atomic E-state index is 4.74. The van der Waals surface area contributed by atoms with Gasteiger partial charge in [0.1, 0.15) is 0 Å². The summed E-state index contributed by atoms with van der Waals surface area (Å²) in [5.74, 6) is 1.49. The van der Waals surface area contributed by atoms with Crippen LogP contribution in [0.25, 0.3) is 0 Å². The standard InChI is InChI=1S/C11H20S/c1-8(2)10-6-5-9(3)7-11(10,4)12/h7-8,10,12H,5-6H2,1-4H3. The average molecular weight is 184 g/mol. The molecular weight excluding hydrogens is 164 g/mol. The van der Waals surface area contributed by atoms with Crippen molar-refractivity contribution in [3.05, 3.63) is 11.6 Å². The van der Waals surface area contributed by atoms with Crippen LogP contribution in [0.1, 0.15) is 40.5 Å². The monoisotopic (exact) mass is 184 g/mol. The van der Waals surface area contributed by atoms with Crippen LogP contribution in [0.15, 0.2) is 11.6 Å². The second kappa shape index (κ2) is 3.45. The molecular formula is C11H20S. The summed E-state index contributed by atoms with van der Waals surface area (Å²) in [5.41, 5.74) is 1.50. The molecule has 0 nitrogen and oxygen atoms in total. The van der Waals surface area contributed by atoms with Crippen LogP contribution in [-0.4, -0.2) is 4.75 Å². The zero-order chi connectivity index (χ0) is 9.35. The van der Waals surface area contributed by atoms with E-state index in [9.17, 15) is 0 Å². The van der Waals surface area contributed by atoms with E-state index in [4.69, 9.17) is 12.6 Å². The minimum atomic E-state index is 0.122. The lowest BCUT2D eigenvalue weighted by atomic mass is 9.75. The predicted octanol–water partition coefficient (Wildman–Crippen LogP) is 3.69. The Morgan fingerprint density at radius 3 is 2.58 bits per heavy atom. The maximum atomic E-state index is 4.74. The Kier molecular flexibility index (Phi) is 2.92. The Morgan fingerprint density at radius 2 is 2.17 bits per heavy atom. The van der Waals surface area contributed by atoms with Gasteiger partial charge in [-0.1, -0.05) is 25.5 Å². The Morgan fingerprint density at radius 1 is 1.58 bits per heavy atom. The Bertz CT molecular complexity index is 189. The molecule has 2 unspecified atom stereocenters. The molecule has 0 fully saturated rings. The van der Waals surface area contributed by atoms with E-state index in [1.54, 1.807) is 0 Å². The molecule has 0 spiro atoms. The van der Waals surface area contributed by atoms with Gasteiger partial charge < -0.3 is 0 Å². The second-order valence-electron chi connectivity index (χ2n) is 4.61. The Balaban J connectivity index is 2.81. The third-order valence-corrected chi connectivity index (χ3v) is 3.40. The lowest BCUT2D eigenvalue weighted by molar-refractivity contribution is 0.304. The van der Waals surface area contributed by atoms with E-state index in [0.29, 0.717) is 0 Å². The van der Waals surface area contributed by atoms with Crippen LogP contribution >= 0.6 is 12.6 Å². The molecule has 1 aliphatic carbocycles. The van der Waals surface area contributed by atoms with Crippen LogP contribution < -0.4 is 0 Å². The predicted molar refractivity (Wildman–Crippen MR) is 58.7 cm³/mol. The highest BCUT2D eigenvalue weighted by atomic mass is 32.1. The van der Waals surface area contributed by atoms with Crippen molar-refractivity contribution in [1.82, 2.24) is 0 Å². The summed E-state index contributed by atoms with van der Waals surface area (Å²) in [6, 6.07) is 0. The van der Waals surface area contributed by atoms with Gasteiger partial charge in [-0.2, -0.15) is 12.6 Å². The first kappa shape index (κ1) is 10.2. The van der Waals surface area contributed by atoms with Crippen molar-refractivity contribution in [2.45, 2.75) is 45.3 Å². The fraction of sp³-hybridized carbons (Fsp3) is 0.818. The number of hydrogen-bond donors (Lipinski definition) is 1. The molecule has 0 aromatic carbocycles. The van der Waals surface area contributed by atoms with E-state index in [1.807, 2.05) is 0 Å². The first-order valence-corrected chi connectivity index (χ1v) is 5.29. The highest BCUT2D eigenvalue weighted by Crippen LogP contribution is 2.40. The highest BCUT2D eigenvalue weighted by molar-refractivity contribution is 7.82. The topological polar surface area (TPSA) is 0 Å². The van der Waals surface area contributed by atoms with Crippen LogP contribution in [0, 0.1) is 11.8 Å². The van der Waals surface area contributed by atoms with Crippen molar-refractivity contribution in [3.8, 4) is 0 Å². The van der Waals surface area contributed by atoms with Gasteiger partial charge in [-0.05, 0) is 38.5 Å². The fourth-order valence-corrected chi connectivity index (χ4v) is 3.01. The van der Waals surface area contributed by atoms with Gasteiger partial charge in [-0.15, -0.1) is 0 Å². The van der Waals surface area contributed by atoms with E-state index in [-0.39, 0.29) is 4.75 Å². The van der Waals surface area contributed by atoms with Crippen LogP contribution in [0.3, 0.4) is 0 Å². The third kappa shape index (κ3) is 2.07. The van der Waals surface area contributed by atoms with Crippen LogP contribution in [-0.2, 0) is 0 Å². The summed E-state index contributed by atoms with van der Waals surface area (Å²) in [5, 5.41) is 0. The summed E-state index contributed by atoms with van der Waals surface area (Å²) >= 11 is 4.74. The molecule has 0 aromatic rings. The highest BCUT2D eigenvalue weighted by Gasteiger charge is 2.33. The van der Waals surface area contributed by atoms with Gasteiger partial charge in [-0.3, -0.25) is 0 Å². The first-order valence-electron chi connectivity index (χ1n) is 4.84. The molecule has 1 aliphatic rings. The largest absolute Gasteiger partial charge is 0.168 e. The normalized spacial score (nSPS) is 36.8. The molecule has 0 radical (unpaired) electrons. The second-order valence-corrected chi connectivity index (χ2v) is 5.57. The minimum Gasteiger partial charge on any atom is -0.168 e. The zero-order valence-electron chi connectivity index (χ0n) is 8.59. The van der Waals surface area contributed by atoms with E-state index in [1.165, 1.54) is 18.4 Å². The smallest absolute Gasteiger partial charge is 0.0313 e. The van der Waals surface area contributed by atoms with Gasteiger partial charge in [0.15, 0.2) is 0 Å². The molecule has 0 aromatic heterocycles. The zero-order valence-corrected chi connectivity index (χ0v) is 9.49. The van der Waals surface area contributed by atoms with Crippen molar-refractivity contribution in [2.24, 2.45) is 11.8 Å². The molecule has 1 heteroatoms. The van der Waals surface area contributed by atoms with Gasteiger partial charge in [0.25, 0.3) is 0 Å². The molecule has 0 saturated carbocycles. The molecule has 2 atom stereocenters. The van der Waals surface area contributed by atoms with Crippen molar-refractivity contribution in [2.75, 3.05) is 0 Å². The molecule has 1 rings (SSSR count). The quantitative estimate of drug-likeness (QED) is 0.466. The molecule has 70 valence electrons. The van der Waals surface area contributed by atoms with E-state index >= 15 is 0 Å². The maximum Gasteiger partial charge on any atom is 0.0313 e. The molecule has 0 amide bonds. The van der Waals surface area contributed by atoms with Gasteiger partial charge in [0.05, 0.1) is 0 Å². The number of thiol groups is 1. The fourth-order valence-electron chi connectivity index (χ4n) is 2.36. The molecule has 0 bridgehead atoms.